The highest BCUT2D eigenvalue weighted by molar-refractivity contribution is 7.98. The Morgan fingerprint density at radius 3 is 2.73 bits per heavy atom. The van der Waals surface area contributed by atoms with Crippen LogP contribution in [-0.4, -0.2) is 22.0 Å². The van der Waals surface area contributed by atoms with Crippen molar-refractivity contribution in [2.24, 2.45) is 5.92 Å². The lowest BCUT2D eigenvalue weighted by atomic mass is 10.2. The maximum atomic E-state index is 11.2. The maximum Gasteiger partial charge on any atom is 0.233 e. The van der Waals surface area contributed by atoms with E-state index in [4.69, 9.17) is 0 Å². The van der Waals surface area contributed by atoms with Gasteiger partial charge in [-0.3, -0.25) is 9.10 Å². The van der Waals surface area contributed by atoms with Crippen molar-refractivity contribution in [1.29, 1.82) is 0 Å². The van der Waals surface area contributed by atoms with Gasteiger partial charge >= 0.3 is 0 Å². The number of rotatable bonds is 2. The van der Waals surface area contributed by atoms with Crippen LogP contribution >= 0.6 is 11.9 Å². The first-order chi connectivity index (χ1) is 5.09. The first-order valence-corrected chi connectivity index (χ1v) is 4.90. The van der Waals surface area contributed by atoms with Crippen LogP contribution in [0.25, 0.3) is 0 Å². The van der Waals surface area contributed by atoms with Crippen LogP contribution in [0.4, 0.5) is 0 Å². The van der Waals surface area contributed by atoms with Crippen molar-refractivity contribution in [3.63, 3.8) is 0 Å². The molecule has 1 rings (SSSR count). The second-order valence-electron chi connectivity index (χ2n) is 3.47. The minimum atomic E-state index is 0.302. The summed E-state index contributed by atoms with van der Waals surface area (Å²) < 4.78 is 1.90. The predicted octanol–water partition coefficient (Wildman–Crippen LogP) is 1.91. The SMILES string of the molecule is CC(C)CN1SC(C)CC1=O. The van der Waals surface area contributed by atoms with Crippen molar-refractivity contribution in [2.45, 2.75) is 32.4 Å². The van der Waals surface area contributed by atoms with Crippen molar-refractivity contribution in [3.8, 4) is 0 Å². The number of nitrogens with zero attached hydrogens (tertiary/aromatic N) is 1. The summed E-state index contributed by atoms with van der Waals surface area (Å²) in [6.07, 6.45) is 0.720. The summed E-state index contributed by atoms with van der Waals surface area (Å²) in [5.74, 6) is 0.882. The molecule has 11 heavy (non-hydrogen) atoms. The van der Waals surface area contributed by atoms with E-state index in [1.54, 1.807) is 11.9 Å². The third-order valence-electron chi connectivity index (χ3n) is 1.58. The third kappa shape index (κ3) is 2.40. The molecule has 1 amide bonds. The zero-order chi connectivity index (χ0) is 8.43. The second kappa shape index (κ2) is 3.48. The molecule has 1 unspecified atom stereocenters. The van der Waals surface area contributed by atoms with Crippen molar-refractivity contribution in [2.75, 3.05) is 6.54 Å². The molecule has 1 aliphatic rings. The molecular weight excluding hydrogens is 158 g/mol. The van der Waals surface area contributed by atoms with Crippen molar-refractivity contribution < 1.29 is 4.79 Å². The Balaban J connectivity index is 2.41. The van der Waals surface area contributed by atoms with E-state index in [1.807, 2.05) is 4.31 Å². The van der Waals surface area contributed by atoms with Crippen LogP contribution in [0.15, 0.2) is 0 Å². The van der Waals surface area contributed by atoms with Gasteiger partial charge in [0.15, 0.2) is 0 Å². The van der Waals surface area contributed by atoms with E-state index < -0.39 is 0 Å². The van der Waals surface area contributed by atoms with Crippen LogP contribution in [0.5, 0.6) is 0 Å². The molecule has 2 nitrogen and oxygen atoms in total. The lowest BCUT2D eigenvalue weighted by Crippen LogP contribution is -2.22. The van der Waals surface area contributed by atoms with E-state index in [0.717, 1.165) is 13.0 Å². The molecule has 0 N–H and O–H groups in total. The van der Waals surface area contributed by atoms with Crippen LogP contribution < -0.4 is 0 Å². The molecule has 0 aliphatic carbocycles. The molecule has 0 spiro atoms. The second-order valence-corrected chi connectivity index (χ2v) is 4.93. The van der Waals surface area contributed by atoms with Gasteiger partial charge in [-0.15, -0.1) is 0 Å². The molecule has 1 atom stereocenters. The highest BCUT2D eigenvalue weighted by Gasteiger charge is 2.27. The minimum absolute atomic E-state index is 0.302. The first kappa shape index (κ1) is 8.91. The van der Waals surface area contributed by atoms with E-state index in [1.165, 1.54) is 0 Å². The lowest BCUT2D eigenvalue weighted by molar-refractivity contribution is -0.125. The quantitative estimate of drug-likeness (QED) is 0.594. The highest BCUT2D eigenvalue weighted by Crippen LogP contribution is 2.29. The predicted molar refractivity (Wildman–Crippen MR) is 48.2 cm³/mol. The van der Waals surface area contributed by atoms with Crippen molar-refractivity contribution >= 4 is 17.9 Å². The normalized spacial score (nSPS) is 25.3. The van der Waals surface area contributed by atoms with Gasteiger partial charge < -0.3 is 0 Å². The Morgan fingerprint density at radius 2 is 2.36 bits per heavy atom. The Morgan fingerprint density at radius 1 is 1.73 bits per heavy atom. The number of hydrogen-bond acceptors (Lipinski definition) is 2. The van der Waals surface area contributed by atoms with Gasteiger partial charge in [-0.1, -0.05) is 20.8 Å². The molecule has 0 saturated carbocycles. The van der Waals surface area contributed by atoms with Crippen LogP contribution in [0.3, 0.4) is 0 Å². The van der Waals surface area contributed by atoms with Gasteiger partial charge in [0.2, 0.25) is 5.91 Å². The van der Waals surface area contributed by atoms with E-state index in [2.05, 4.69) is 20.8 Å². The topological polar surface area (TPSA) is 20.3 Å². The number of amides is 1. The molecule has 1 saturated heterocycles. The molecule has 0 bridgehead atoms. The molecule has 3 heteroatoms. The molecule has 1 aliphatic heterocycles. The fourth-order valence-corrected chi connectivity index (χ4v) is 2.37. The van der Waals surface area contributed by atoms with Crippen LogP contribution in [-0.2, 0) is 4.79 Å². The average Bonchev–Trinajstić information content (AvgIpc) is 2.09. The Kier molecular flexibility index (Phi) is 2.82. The highest BCUT2D eigenvalue weighted by atomic mass is 32.2. The standard InChI is InChI=1S/C8H15NOS/c1-6(2)5-9-8(10)4-7(3)11-9/h6-7H,4-5H2,1-3H3. The van der Waals surface area contributed by atoms with Crippen molar-refractivity contribution in [1.82, 2.24) is 4.31 Å². The molecule has 0 aromatic carbocycles. The monoisotopic (exact) mass is 173 g/mol. The molecule has 0 aromatic rings. The third-order valence-corrected chi connectivity index (χ3v) is 2.71. The van der Waals surface area contributed by atoms with Gasteiger partial charge in [0.25, 0.3) is 0 Å². The smallest absolute Gasteiger partial charge is 0.233 e. The van der Waals surface area contributed by atoms with Crippen molar-refractivity contribution in [3.05, 3.63) is 0 Å². The van der Waals surface area contributed by atoms with Gasteiger partial charge in [0.1, 0.15) is 0 Å². The fraction of sp³-hybridized carbons (Fsp3) is 0.875. The summed E-state index contributed by atoms with van der Waals surface area (Å²) >= 11 is 1.69. The summed E-state index contributed by atoms with van der Waals surface area (Å²) in [6.45, 7) is 7.27. The van der Waals surface area contributed by atoms with Gasteiger partial charge in [0, 0.05) is 18.2 Å². The molecule has 0 aromatic heterocycles. The summed E-state index contributed by atoms with van der Waals surface area (Å²) in [5.41, 5.74) is 0. The zero-order valence-electron chi connectivity index (χ0n) is 7.33. The molecule has 64 valence electrons. The first-order valence-electron chi connectivity index (χ1n) is 4.06. The largest absolute Gasteiger partial charge is 0.286 e. The van der Waals surface area contributed by atoms with Gasteiger partial charge in [-0.05, 0) is 17.9 Å². The molecule has 0 radical (unpaired) electrons. The van der Waals surface area contributed by atoms with Crippen LogP contribution in [0.1, 0.15) is 27.2 Å². The summed E-state index contributed by atoms with van der Waals surface area (Å²) in [4.78, 5) is 11.2. The number of carbonyl (C=O) groups is 1. The number of hydrogen-bond donors (Lipinski definition) is 0. The Hall–Kier alpha value is -0.180. The van der Waals surface area contributed by atoms with E-state index in [0.29, 0.717) is 17.1 Å². The van der Waals surface area contributed by atoms with E-state index in [-0.39, 0.29) is 0 Å². The number of carbonyl (C=O) groups excluding carboxylic acids is 1. The lowest BCUT2D eigenvalue weighted by Gasteiger charge is -2.16. The van der Waals surface area contributed by atoms with Gasteiger partial charge in [-0.2, -0.15) is 0 Å². The molecule has 1 fully saturated rings. The summed E-state index contributed by atoms with van der Waals surface area (Å²) in [7, 11) is 0. The Labute approximate surface area is 72.5 Å². The van der Waals surface area contributed by atoms with Gasteiger partial charge in [-0.25, -0.2) is 0 Å². The van der Waals surface area contributed by atoms with E-state index in [9.17, 15) is 4.79 Å². The molecular formula is C8H15NOS. The zero-order valence-corrected chi connectivity index (χ0v) is 8.15. The molecule has 1 heterocycles. The Bertz CT molecular complexity index is 158. The van der Waals surface area contributed by atoms with Gasteiger partial charge in [0.05, 0.1) is 0 Å². The average molecular weight is 173 g/mol. The summed E-state index contributed by atoms with van der Waals surface area (Å²) in [5, 5.41) is 0.487. The van der Waals surface area contributed by atoms with Crippen LogP contribution in [0.2, 0.25) is 0 Å². The minimum Gasteiger partial charge on any atom is -0.286 e. The van der Waals surface area contributed by atoms with E-state index >= 15 is 0 Å². The summed E-state index contributed by atoms with van der Waals surface area (Å²) in [6, 6.07) is 0. The fourth-order valence-electron chi connectivity index (χ4n) is 1.14. The maximum absolute atomic E-state index is 11.2. The van der Waals surface area contributed by atoms with Crippen LogP contribution in [0, 0.1) is 5.92 Å².